The SMILES string of the molecule is CC(CC(=O)Cc1ccccc1)C(=S)N1CCC[C@H]1C(=O)O. The average molecular weight is 319 g/mol. The van der Waals surface area contributed by atoms with Crippen LogP contribution >= 0.6 is 12.2 Å². The number of hydrogen-bond donors (Lipinski definition) is 1. The number of thiocarbonyl (C=S) groups is 1. The van der Waals surface area contributed by atoms with Crippen LogP contribution in [0.25, 0.3) is 0 Å². The Morgan fingerprint density at radius 2 is 2.05 bits per heavy atom. The molecule has 1 N–H and O–H groups in total. The maximum absolute atomic E-state index is 12.2. The molecular weight excluding hydrogens is 298 g/mol. The number of carbonyl (C=O) groups excluding carboxylic acids is 1. The van der Waals surface area contributed by atoms with E-state index >= 15 is 0 Å². The Bertz CT molecular complexity index is 558. The summed E-state index contributed by atoms with van der Waals surface area (Å²) in [5.41, 5.74) is 0.996. The Morgan fingerprint density at radius 3 is 2.68 bits per heavy atom. The zero-order valence-corrected chi connectivity index (χ0v) is 13.5. The van der Waals surface area contributed by atoms with Crippen LogP contribution in [0.5, 0.6) is 0 Å². The van der Waals surface area contributed by atoms with Gasteiger partial charge in [-0.25, -0.2) is 4.79 Å². The molecule has 1 aliphatic heterocycles. The Morgan fingerprint density at radius 1 is 1.36 bits per heavy atom. The van der Waals surface area contributed by atoms with Crippen molar-refractivity contribution in [2.24, 2.45) is 5.92 Å². The molecule has 0 saturated carbocycles. The Hall–Kier alpha value is -1.75. The maximum atomic E-state index is 12.2. The van der Waals surface area contributed by atoms with E-state index in [0.29, 0.717) is 30.8 Å². The molecular formula is C17H21NO3S. The van der Waals surface area contributed by atoms with E-state index in [4.69, 9.17) is 12.2 Å². The maximum Gasteiger partial charge on any atom is 0.326 e. The highest BCUT2D eigenvalue weighted by atomic mass is 32.1. The molecule has 2 atom stereocenters. The molecule has 2 rings (SSSR count). The minimum absolute atomic E-state index is 0.105. The summed E-state index contributed by atoms with van der Waals surface area (Å²) in [6, 6.07) is 9.09. The fraction of sp³-hybridized carbons (Fsp3) is 0.471. The van der Waals surface area contributed by atoms with Crippen molar-refractivity contribution in [3.8, 4) is 0 Å². The topological polar surface area (TPSA) is 57.6 Å². The van der Waals surface area contributed by atoms with Crippen LogP contribution in [0.3, 0.4) is 0 Å². The molecule has 0 radical (unpaired) electrons. The van der Waals surface area contributed by atoms with Gasteiger partial charge < -0.3 is 10.0 Å². The second kappa shape index (κ2) is 7.49. The lowest BCUT2D eigenvalue weighted by Gasteiger charge is -2.27. The smallest absolute Gasteiger partial charge is 0.326 e. The van der Waals surface area contributed by atoms with Crippen LogP contribution in [0.1, 0.15) is 31.7 Å². The highest BCUT2D eigenvalue weighted by Crippen LogP contribution is 2.22. The van der Waals surface area contributed by atoms with Crippen molar-refractivity contribution in [1.82, 2.24) is 4.90 Å². The Balaban J connectivity index is 1.91. The summed E-state index contributed by atoms with van der Waals surface area (Å²) < 4.78 is 0. The number of carbonyl (C=O) groups is 2. The van der Waals surface area contributed by atoms with Crippen molar-refractivity contribution in [2.45, 2.75) is 38.6 Å². The van der Waals surface area contributed by atoms with Gasteiger partial charge in [0.15, 0.2) is 0 Å². The molecule has 118 valence electrons. The first-order valence-electron chi connectivity index (χ1n) is 7.58. The van der Waals surface area contributed by atoms with Crippen LogP contribution in [-0.2, 0) is 16.0 Å². The molecule has 1 aromatic rings. The quantitative estimate of drug-likeness (QED) is 0.817. The van der Waals surface area contributed by atoms with Gasteiger partial charge in [0, 0.05) is 25.3 Å². The van der Waals surface area contributed by atoms with Crippen molar-refractivity contribution in [3.05, 3.63) is 35.9 Å². The standard InChI is InChI=1S/C17H21NO3S/c1-12(10-14(19)11-13-6-3-2-4-7-13)16(22)18-9-5-8-15(18)17(20)21/h2-4,6-7,12,15H,5,8-11H2,1H3,(H,20,21)/t12?,15-/m0/s1. The van der Waals surface area contributed by atoms with Gasteiger partial charge in [-0.1, -0.05) is 49.5 Å². The first-order valence-corrected chi connectivity index (χ1v) is 7.98. The Labute approximate surface area is 136 Å². The van der Waals surface area contributed by atoms with E-state index in [1.165, 1.54) is 0 Å². The van der Waals surface area contributed by atoms with Gasteiger partial charge in [0.1, 0.15) is 11.8 Å². The summed E-state index contributed by atoms with van der Waals surface area (Å²) >= 11 is 5.43. The molecule has 1 aliphatic rings. The van der Waals surface area contributed by atoms with E-state index in [9.17, 15) is 14.7 Å². The zero-order chi connectivity index (χ0) is 16.1. The number of benzene rings is 1. The number of likely N-dealkylation sites (tertiary alicyclic amines) is 1. The van der Waals surface area contributed by atoms with Crippen LogP contribution < -0.4 is 0 Å². The third kappa shape index (κ3) is 4.13. The second-order valence-corrected chi connectivity index (χ2v) is 6.25. The van der Waals surface area contributed by atoms with E-state index in [0.717, 1.165) is 12.0 Å². The van der Waals surface area contributed by atoms with E-state index in [1.807, 2.05) is 37.3 Å². The summed E-state index contributed by atoms with van der Waals surface area (Å²) in [6.07, 6.45) is 2.22. The molecule has 0 bridgehead atoms. The number of aliphatic carboxylic acids is 1. The van der Waals surface area contributed by atoms with Crippen LogP contribution in [-0.4, -0.2) is 39.3 Å². The monoisotopic (exact) mass is 319 g/mol. The summed E-state index contributed by atoms with van der Waals surface area (Å²) in [5, 5.41) is 9.22. The molecule has 22 heavy (non-hydrogen) atoms. The number of carboxylic acids is 1. The summed E-state index contributed by atoms with van der Waals surface area (Å²) in [4.78, 5) is 25.8. The van der Waals surface area contributed by atoms with Gasteiger partial charge in [0.25, 0.3) is 0 Å². The third-order valence-electron chi connectivity index (χ3n) is 4.02. The summed E-state index contributed by atoms with van der Waals surface area (Å²) in [6.45, 7) is 2.58. The predicted octanol–water partition coefficient (Wildman–Crippen LogP) is 2.70. The first-order chi connectivity index (χ1) is 10.5. The van der Waals surface area contributed by atoms with E-state index in [1.54, 1.807) is 4.90 Å². The number of nitrogens with zero attached hydrogens (tertiary/aromatic N) is 1. The van der Waals surface area contributed by atoms with Crippen molar-refractivity contribution in [1.29, 1.82) is 0 Å². The minimum Gasteiger partial charge on any atom is -0.480 e. The molecule has 0 aliphatic carbocycles. The molecule has 5 heteroatoms. The zero-order valence-electron chi connectivity index (χ0n) is 12.7. The number of Topliss-reactive ketones (excluding diaryl/α,β-unsaturated/α-hetero) is 1. The van der Waals surface area contributed by atoms with Crippen LogP contribution in [0, 0.1) is 5.92 Å². The highest BCUT2D eigenvalue weighted by molar-refractivity contribution is 7.80. The molecule has 1 aromatic carbocycles. The van der Waals surface area contributed by atoms with Crippen molar-refractivity contribution in [3.63, 3.8) is 0 Å². The molecule has 0 amide bonds. The normalized spacial score (nSPS) is 19.0. The van der Waals surface area contributed by atoms with Crippen LogP contribution in [0.15, 0.2) is 30.3 Å². The van der Waals surface area contributed by atoms with E-state index in [-0.39, 0.29) is 11.7 Å². The van der Waals surface area contributed by atoms with Gasteiger partial charge in [0.05, 0.1) is 4.99 Å². The van der Waals surface area contributed by atoms with Gasteiger partial charge in [-0.05, 0) is 18.4 Å². The number of carboxylic acid groups (broad SMARTS) is 1. The lowest BCUT2D eigenvalue weighted by molar-refractivity contribution is -0.140. The van der Waals surface area contributed by atoms with E-state index < -0.39 is 12.0 Å². The second-order valence-electron chi connectivity index (χ2n) is 5.83. The third-order valence-corrected chi connectivity index (χ3v) is 4.66. The molecule has 1 saturated heterocycles. The molecule has 1 unspecified atom stereocenters. The fourth-order valence-corrected chi connectivity index (χ4v) is 3.20. The van der Waals surface area contributed by atoms with Gasteiger partial charge in [0.2, 0.25) is 0 Å². The lowest BCUT2D eigenvalue weighted by atomic mass is 9.99. The lowest BCUT2D eigenvalue weighted by Crippen LogP contribution is -2.42. The molecule has 0 aromatic heterocycles. The van der Waals surface area contributed by atoms with Crippen molar-refractivity contribution in [2.75, 3.05) is 6.54 Å². The molecule has 1 heterocycles. The van der Waals surface area contributed by atoms with Crippen LogP contribution in [0.4, 0.5) is 0 Å². The Kier molecular flexibility index (Phi) is 5.66. The van der Waals surface area contributed by atoms with Crippen molar-refractivity contribution >= 4 is 29.0 Å². The number of hydrogen-bond acceptors (Lipinski definition) is 3. The summed E-state index contributed by atoms with van der Waals surface area (Å²) in [7, 11) is 0. The first kappa shape index (κ1) is 16.6. The molecule has 1 fully saturated rings. The minimum atomic E-state index is -0.831. The van der Waals surface area contributed by atoms with Gasteiger partial charge in [-0.3, -0.25) is 4.79 Å². The van der Waals surface area contributed by atoms with Gasteiger partial charge in [-0.15, -0.1) is 0 Å². The average Bonchev–Trinajstić information content (AvgIpc) is 2.96. The number of rotatable bonds is 6. The van der Waals surface area contributed by atoms with Crippen LogP contribution in [0.2, 0.25) is 0 Å². The molecule has 0 spiro atoms. The largest absolute Gasteiger partial charge is 0.480 e. The number of ketones is 1. The predicted molar refractivity (Wildman–Crippen MR) is 88.9 cm³/mol. The fourth-order valence-electron chi connectivity index (χ4n) is 2.89. The van der Waals surface area contributed by atoms with Gasteiger partial charge in [-0.2, -0.15) is 0 Å². The van der Waals surface area contributed by atoms with Crippen molar-refractivity contribution < 1.29 is 14.7 Å². The van der Waals surface area contributed by atoms with E-state index in [2.05, 4.69) is 0 Å². The van der Waals surface area contributed by atoms with Gasteiger partial charge >= 0.3 is 5.97 Å². The highest BCUT2D eigenvalue weighted by Gasteiger charge is 2.33. The molecule has 4 nitrogen and oxygen atoms in total. The summed E-state index contributed by atoms with van der Waals surface area (Å²) in [5.74, 6) is -0.805.